The predicted octanol–water partition coefficient (Wildman–Crippen LogP) is 3.43. The zero-order valence-corrected chi connectivity index (χ0v) is 15.7. The van der Waals surface area contributed by atoms with E-state index in [2.05, 4.69) is 27.2 Å². The number of aromatic nitrogens is 4. The van der Waals surface area contributed by atoms with E-state index in [0.717, 1.165) is 38.5 Å². The summed E-state index contributed by atoms with van der Waals surface area (Å²) in [6, 6.07) is 15.8. The number of fused-ring (bicyclic) bond motifs is 2. The average molecular weight is 379 g/mol. The summed E-state index contributed by atoms with van der Waals surface area (Å²) in [6.45, 7) is 0.425. The molecule has 1 aliphatic heterocycles. The van der Waals surface area contributed by atoms with Gasteiger partial charge in [0.05, 0.1) is 0 Å². The van der Waals surface area contributed by atoms with Gasteiger partial charge in [0.2, 0.25) is 4.96 Å². The molecule has 5 rings (SSSR count). The van der Waals surface area contributed by atoms with E-state index in [9.17, 15) is 0 Å². The van der Waals surface area contributed by atoms with Crippen LogP contribution in [0.25, 0.3) is 16.3 Å². The van der Waals surface area contributed by atoms with Gasteiger partial charge in [0.1, 0.15) is 6.61 Å². The number of hydrogen-bond donors (Lipinski definition) is 0. The van der Waals surface area contributed by atoms with Gasteiger partial charge < -0.3 is 14.4 Å². The van der Waals surface area contributed by atoms with Crippen LogP contribution < -0.4 is 14.4 Å². The van der Waals surface area contributed by atoms with Gasteiger partial charge in [0, 0.05) is 25.3 Å². The molecule has 0 N–H and O–H groups in total. The van der Waals surface area contributed by atoms with Crippen LogP contribution in [-0.2, 0) is 0 Å². The lowest BCUT2D eigenvalue weighted by Crippen LogP contribution is -2.21. The number of anilines is 1. The second-order valence-electron chi connectivity index (χ2n) is 6.46. The van der Waals surface area contributed by atoms with E-state index in [1.54, 1.807) is 4.52 Å². The number of ether oxygens (including phenoxy) is 2. The summed E-state index contributed by atoms with van der Waals surface area (Å²) in [5, 5.41) is 14.1. The first kappa shape index (κ1) is 16.1. The Bertz CT molecular complexity index is 1100. The van der Waals surface area contributed by atoms with Crippen molar-refractivity contribution in [2.75, 3.05) is 25.6 Å². The number of hydrogen-bond acceptors (Lipinski definition) is 7. The molecule has 0 amide bonds. The van der Waals surface area contributed by atoms with E-state index in [1.807, 2.05) is 50.5 Å². The monoisotopic (exact) mass is 379 g/mol. The van der Waals surface area contributed by atoms with Crippen LogP contribution in [0.2, 0.25) is 0 Å². The molecule has 1 atom stereocenters. The molecule has 0 radical (unpaired) electrons. The summed E-state index contributed by atoms with van der Waals surface area (Å²) < 4.78 is 13.6. The molecule has 0 saturated carbocycles. The Morgan fingerprint density at radius 2 is 1.81 bits per heavy atom. The Hall–Kier alpha value is -3.13. The maximum Gasteiger partial charge on any atom is 0.235 e. The first-order valence-corrected chi connectivity index (χ1v) is 9.39. The average Bonchev–Trinajstić information content (AvgIpc) is 3.28. The molecule has 0 saturated heterocycles. The molecule has 0 spiro atoms. The zero-order valence-electron chi connectivity index (χ0n) is 14.9. The highest BCUT2D eigenvalue weighted by Crippen LogP contribution is 2.37. The van der Waals surface area contributed by atoms with Crippen LogP contribution >= 0.6 is 11.3 Å². The molecule has 7 nitrogen and oxygen atoms in total. The van der Waals surface area contributed by atoms with Crippen LogP contribution in [0.3, 0.4) is 0 Å². The van der Waals surface area contributed by atoms with Gasteiger partial charge in [0.15, 0.2) is 28.4 Å². The standard InChI is InChI=1S/C19H17N5O2S/c1-23(2)13-9-7-12(8-10-13)17-20-21-19-24(17)22-18(27-19)16-11-25-14-5-3-4-6-15(14)26-16/h3-10,16H,11H2,1-2H3. The van der Waals surface area contributed by atoms with Crippen molar-refractivity contribution in [3.05, 3.63) is 53.5 Å². The molecule has 4 aromatic rings. The summed E-state index contributed by atoms with van der Waals surface area (Å²) in [4.78, 5) is 2.79. The van der Waals surface area contributed by atoms with Crippen molar-refractivity contribution in [1.29, 1.82) is 0 Å². The fourth-order valence-electron chi connectivity index (χ4n) is 2.99. The van der Waals surface area contributed by atoms with Gasteiger partial charge in [-0.15, -0.1) is 10.2 Å². The largest absolute Gasteiger partial charge is 0.485 e. The summed E-state index contributed by atoms with van der Waals surface area (Å²) in [5.41, 5.74) is 2.10. The lowest BCUT2D eigenvalue weighted by atomic mass is 10.2. The van der Waals surface area contributed by atoms with E-state index in [1.165, 1.54) is 11.3 Å². The SMILES string of the molecule is CN(C)c1ccc(-c2nnc3sc(C4COc5ccccc5O4)nn23)cc1. The van der Waals surface area contributed by atoms with Crippen LogP contribution in [0.15, 0.2) is 48.5 Å². The summed E-state index contributed by atoms with van der Waals surface area (Å²) >= 11 is 1.47. The van der Waals surface area contributed by atoms with E-state index in [4.69, 9.17) is 14.6 Å². The Kier molecular flexibility index (Phi) is 3.71. The summed E-state index contributed by atoms with van der Waals surface area (Å²) in [6.07, 6.45) is -0.254. The highest BCUT2D eigenvalue weighted by atomic mass is 32.1. The van der Waals surface area contributed by atoms with Crippen molar-refractivity contribution in [2.24, 2.45) is 0 Å². The topological polar surface area (TPSA) is 64.8 Å². The van der Waals surface area contributed by atoms with Crippen molar-refractivity contribution in [3.8, 4) is 22.9 Å². The smallest absolute Gasteiger partial charge is 0.235 e. The first-order chi connectivity index (χ1) is 13.2. The third-order valence-corrected chi connectivity index (χ3v) is 5.42. The third-order valence-electron chi connectivity index (χ3n) is 4.43. The van der Waals surface area contributed by atoms with Crippen LogP contribution in [0.4, 0.5) is 5.69 Å². The van der Waals surface area contributed by atoms with E-state index >= 15 is 0 Å². The first-order valence-electron chi connectivity index (χ1n) is 8.57. The van der Waals surface area contributed by atoms with Gasteiger partial charge in [-0.25, -0.2) is 0 Å². The van der Waals surface area contributed by atoms with Crippen molar-refractivity contribution < 1.29 is 9.47 Å². The minimum Gasteiger partial charge on any atom is -0.485 e. The quantitative estimate of drug-likeness (QED) is 0.543. The van der Waals surface area contributed by atoms with Crippen LogP contribution in [-0.4, -0.2) is 40.5 Å². The van der Waals surface area contributed by atoms with Crippen LogP contribution in [0.1, 0.15) is 11.1 Å². The van der Waals surface area contributed by atoms with Crippen LogP contribution in [0.5, 0.6) is 11.5 Å². The van der Waals surface area contributed by atoms with E-state index in [-0.39, 0.29) is 6.10 Å². The Labute approximate surface area is 159 Å². The summed E-state index contributed by atoms with van der Waals surface area (Å²) in [5.74, 6) is 2.22. The van der Waals surface area contributed by atoms with Gasteiger partial charge in [-0.1, -0.05) is 23.5 Å². The zero-order chi connectivity index (χ0) is 18.4. The molecule has 1 unspecified atom stereocenters. The van der Waals surface area contributed by atoms with Crippen molar-refractivity contribution in [1.82, 2.24) is 19.8 Å². The Morgan fingerprint density at radius 3 is 2.59 bits per heavy atom. The Balaban J connectivity index is 1.47. The molecular weight excluding hydrogens is 362 g/mol. The number of nitrogens with zero attached hydrogens (tertiary/aromatic N) is 5. The molecule has 2 aromatic heterocycles. The maximum absolute atomic E-state index is 6.06. The molecule has 8 heteroatoms. The molecule has 3 heterocycles. The van der Waals surface area contributed by atoms with Gasteiger partial charge >= 0.3 is 0 Å². The van der Waals surface area contributed by atoms with Crippen molar-refractivity contribution >= 4 is 22.0 Å². The number of rotatable bonds is 3. The highest BCUT2D eigenvalue weighted by molar-refractivity contribution is 7.16. The highest BCUT2D eigenvalue weighted by Gasteiger charge is 2.27. The Morgan fingerprint density at radius 1 is 1.04 bits per heavy atom. The predicted molar refractivity (Wildman–Crippen MR) is 104 cm³/mol. The number of benzene rings is 2. The molecular formula is C19H17N5O2S. The van der Waals surface area contributed by atoms with Crippen molar-refractivity contribution in [3.63, 3.8) is 0 Å². The molecule has 0 bridgehead atoms. The minimum absolute atomic E-state index is 0.254. The molecule has 27 heavy (non-hydrogen) atoms. The van der Waals surface area contributed by atoms with Gasteiger partial charge in [-0.2, -0.15) is 9.61 Å². The molecule has 0 aliphatic carbocycles. The fraction of sp³-hybridized carbons (Fsp3) is 0.211. The van der Waals surface area contributed by atoms with E-state index in [0.29, 0.717) is 6.61 Å². The lowest BCUT2D eigenvalue weighted by Gasteiger charge is -2.24. The van der Waals surface area contributed by atoms with E-state index < -0.39 is 0 Å². The lowest BCUT2D eigenvalue weighted by molar-refractivity contribution is 0.0904. The van der Waals surface area contributed by atoms with Crippen LogP contribution in [0, 0.1) is 0 Å². The third kappa shape index (κ3) is 2.78. The number of para-hydroxylation sites is 2. The molecule has 2 aromatic carbocycles. The maximum atomic E-state index is 6.06. The normalized spacial score (nSPS) is 15.9. The van der Waals surface area contributed by atoms with Crippen molar-refractivity contribution in [2.45, 2.75) is 6.10 Å². The molecule has 1 aliphatic rings. The second-order valence-corrected chi connectivity index (χ2v) is 7.45. The van der Waals surface area contributed by atoms with Gasteiger partial charge in [0.25, 0.3) is 0 Å². The second kappa shape index (κ2) is 6.24. The molecule has 0 fully saturated rings. The van der Waals surface area contributed by atoms with Gasteiger partial charge in [-0.05, 0) is 36.4 Å². The fourth-order valence-corrected chi connectivity index (χ4v) is 3.84. The minimum atomic E-state index is -0.254. The molecule has 136 valence electrons. The van der Waals surface area contributed by atoms with Gasteiger partial charge in [-0.3, -0.25) is 0 Å². The summed E-state index contributed by atoms with van der Waals surface area (Å²) in [7, 11) is 4.03.